The Balaban J connectivity index is 1.70. The Hall–Kier alpha value is -1.20. The highest BCUT2D eigenvalue weighted by atomic mass is 32.1. The molecule has 2 aromatic heterocycles. The third kappa shape index (κ3) is 2.72. The van der Waals surface area contributed by atoms with E-state index in [9.17, 15) is 0 Å². The van der Waals surface area contributed by atoms with E-state index in [1.807, 2.05) is 11.3 Å². The van der Waals surface area contributed by atoms with Crippen LogP contribution in [0.4, 0.5) is 0 Å². The number of hydrogen-bond acceptors (Lipinski definition) is 4. The van der Waals surface area contributed by atoms with Crippen LogP contribution in [0.3, 0.4) is 0 Å². The molecule has 5 heteroatoms. The average Bonchev–Trinajstić information content (AvgIpc) is 3.07. The maximum absolute atomic E-state index is 4.20. The Bertz CT molecular complexity index is 508. The number of aromatic nitrogens is 3. The van der Waals surface area contributed by atoms with Crippen molar-refractivity contribution in [3.8, 4) is 0 Å². The first-order chi connectivity index (χ1) is 9.24. The van der Waals surface area contributed by atoms with E-state index in [-0.39, 0.29) is 6.04 Å². The molecule has 2 atom stereocenters. The molecule has 0 saturated heterocycles. The van der Waals surface area contributed by atoms with Crippen molar-refractivity contribution in [2.24, 2.45) is 0 Å². The van der Waals surface area contributed by atoms with Crippen LogP contribution >= 0.6 is 11.3 Å². The number of thiophene rings is 1. The molecular formula is C14H20N4S. The molecule has 0 fully saturated rings. The molecule has 0 radical (unpaired) electrons. The van der Waals surface area contributed by atoms with Gasteiger partial charge in [-0.3, -0.25) is 5.10 Å². The van der Waals surface area contributed by atoms with Gasteiger partial charge in [0.15, 0.2) is 0 Å². The molecule has 4 nitrogen and oxygen atoms in total. The van der Waals surface area contributed by atoms with Gasteiger partial charge in [0.1, 0.15) is 12.2 Å². The number of aromatic amines is 1. The van der Waals surface area contributed by atoms with Gasteiger partial charge in [0.05, 0.1) is 6.04 Å². The first-order valence-corrected chi connectivity index (χ1v) is 7.78. The Labute approximate surface area is 117 Å². The lowest BCUT2D eigenvalue weighted by atomic mass is 9.99. The van der Waals surface area contributed by atoms with Crippen molar-refractivity contribution in [3.63, 3.8) is 0 Å². The van der Waals surface area contributed by atoms with E-state index < -0.39 is 0 Å². The van der Waals surface area contributed by atoms with Gasteiger partial charge in [-0.15, -0.1) is 11.3 Å². The fourth-order valence-electron chi connectivity index (χ4n) is 2.69. The lowest BCUT2D eigenvalue weighted by molar-refractivity contribution is 0.482. The second-order valence-electron chi connectivity index (χ2n) is 5.29. The average molecular weight is 276 g/mol. The van der Waals surface area contributed by atoms with Crippen LogP contribution in [-0.4, -0.2) is 15.2 Å². The van der Waals surface area contributed by atoms with Crippen molar-refractivity contribution < 1.29 is 0 Å². The van der Waals surface area contributed by atoms with Crippen LogP contribution in [-0.2, 0) is 12.8 Å². The summed E-state index contributed by atoms with van der Waals surface area (Å²) in [5.41, 5.74) is 1.58. The molecule has 3 rings (SSSR count). The Morgan fingerprint density at radius 2 is 2.11 bits per heavy atom. The molecule has 0 bridgehead atoms. The van der Waals surface area contributed by atoms with Crippen LogP contribution < -0.4 is 5.32 Å². The number of rotatable bonds is 4. The zero-order chi connectivity index (χ0) is 13.2. The molecule has 0 aromatic carbocycles. The van der Waals surface area contributed by atoms with E-state index in [4.69, 9.17) is 0 Å². The lowest BCUT2D eigenvalue weighted by Gasteiger charge is -2.17. The van der Waals surface area contributed by atoms with Gasteiger partial charge in [0, 0.05) is 15.8 Å². The smallest absolute Gasteiger partial charge is 0.141 e. The summed E-state index contributed by atoms with van der Waals surface area (Å²) in [5.74, 6) is 0.896. The van der Waals surface area contributed by atoms with E-state index in [0.29, 0.717) is 6.04 Å². The quantitative estimate of drug-likeness (QED) is 0.902. The predicted octanol–water partition coefficient (Wildman–Crippen LogP) is 3.16. The summed E-state index contributed by atoms with van der Waals surface area (Å²) in [4.78, 5) is 7.24. The molecule has 102 valence electrons. The molecule has 1 aliphatic rings. The molecule has 0 aliphatic heterocycles. The second kappa shape index (κ2) is 5.43. The highest BCUT2D eigenvalue weighted by Crippen LogP contribution is 2.33. The van der Waals surface area contributed by atoms with E-state index in [2.05, 4.69) is 40.4 Å². The van der Waals surface area contributed by atoms with E-state index in [1.165, 1.54) is 30.6 Å². The molecule has 2 heterocycles. The zero-order valence-electron chi connectivity index (χ0n) is 11.4. The van der Waals surface area contributed by atoms with E-state index in [1.54, 1.807) is 16.8 Å². The van der Waals surface area contributed by atoms with E-state index >= 15 is 0 Å². The number of nitrogens with zero attached hydrogens (tertiary/aromatic N) is 2. The van der Waals surface area contributed by atoms with Crippen LogP contribution in [0.25, 0.3) is 0 Å². The number of H-pyrrole nitrogens is 1. The molecule has 2 N–H and O–H groups in total. The van der Waals surface area contributed by atoms with Crippen LogP contribution in [0.2, 0.25) is 0 Å². The monoisotopic (exact) mass is 276 g/mol. The normalized spacial score (nSPS) is 18.0. The van der Waals surface area contributed by atoms with Gasteiger partial charge in [-0.1, -0.05) is 0 Å². The maximum Gasteiger partial charge on any atom is 0.141 e. The maximum atomic E-state index is 4.20. The summed E-state index contributed by atoms with van der Waals surface area (Å²) in [7, 11) is 0. The predicted molar refractivity (Wildman–Crippen MR) is 77.3 cm³/mol. The SMILES string of the molecule is CC(NC(C)c1cc2c(s1)CCCC2)c1ncn[nH]1. The first-order valence-electron chi connectivity index (χ1n) is 6.97. The van der Waals surface area contributed by atoms with Crippen LogP contribution in [0, 0.1) is 0 Å². The van der Waals surface area contributed by atoms with Crippen molar-refractivity contribution in [1.82, 2.24) is 20.5 Å². The molecule has 0 saturated carbocycles. The number of fused-ring (bicyclic) bond motifs is 1. The minimum atomic E-state index is 0.191. The fraction of sp³-hybridized carbons (Fsp3) is 0.571. The van der Waals surface area contributed by atoms with Gasteiger partial charge in [-0.2, -0.15) is 5.10 Å². The molecule has 0 amide bonds. The van der Waals surface area contributed by atoms with E-state index in [0.717, 1.165) is 5.82 Å². The summed E-state index contributed by atoms with van der Waals surface area (Å²) in [6.07, 6.45) is 6.78. The number of hydrogen-bond donors (Lipinski definition) is 2. The minimum Gasteiger partial charge on any atom is -0.300 e. The largest absolute Gasteiger partial charge is 0.300 e. The summed E-state index contributed by atoms with van der Waals surface area (Å²) in [5, 5.41) is 10.4. The summed E-state index contributed by atoms with van der Waals surface area (Å²) >= 11 is 1.97. The first kappa shape index (κ1) is 12.8. The lowest BCUT2D eigenvalue weighted by Crippen LogP contribution is -2.22. The highest BCUT2D eigenvalue weighted by molar-refractivity contribution is 7.12. The standard InChI is InChI=1S/C14H20N4S/c1-9(17-10(2)14-15-8-16-18-14)13-7-11-5-3-4-6-12(11)19-13/h7-10,17H,3-6H2,1-2H3,(H,15,16,18). The topological polar surface area (TPSA) is 53.6 Å². The van der Waals surface area contributed by atoms with Crippen LogP contribution in [0.1, 0.15) is 59.9 Å². The third-order valence-corrected chi connectivity index (χ3v) is 5.21. The van der Waals surface area contributed by atoms with Crippen molar-refractivity contribution >= 4 is 11.3 Å². The fourth-order valence-corrected chi connectivity index (χ4v) is 3.96. The van der Waals surface area contributed by atoms with Gasteiger partial charge in [-0.25, -0.2) is 4.98 Å². The van der Waals surface area contributed by atoms with Crippen molar-refractivity contribution in [2.45, 2.75) is 51.6 Å². The summed E-state index contributed by atoms with van der Waals surface area (Å²) in [6.45, 7) is 4.34. The third-order valence-electron chi connectivity index (χ3n) is 3.79. The molecular weight excluding hydrogens is 256 g/mol. The zero-order valence-corrected chi connectivity index (χ0v) is 12.3. The van der Waals surface area contributed by atoms with Crippen LogP contribution in [0.15, 0.2) is 12.4 Å². The van der Waals surface area contributed by atoms with Gasteiger partial charge in [0.25, 0.3) is 0 Å². The summed E-state index contributed by atoms with van der Waals surface area (Å²) < 4.78 is 0. The van der Waals surface area contributed by atoms with Gasteiger partial charge < -0.3 is 5.32 Å². The van der Waals surface area contributed by atoms with Crippen LogP contribution in [0.5, 0.6) is 0 Å². The Morgan fingerprint density at radius 1 is 1.26 bits per heavy atom. The van der Waals surface area contributed by atoms with Gasteiger partial charge in [0.2, 0.25) is 0 Å². The number of aryl methyl sites for hydroxylation is 2. The molecule has 0 spiro atoms. The molecule has 19 heavy (non-hydrogen) atoms. The number of nitrogens with one attached hydrogen (secondary N) is 2. The highest BCUT2D eigenvalue weighted by Gasteiger charge is 2.18. The van der Waals surface area contributed by atoms with Crippen molar-refractivity contribution in [3.05, 3.63) is 33.5 Å². The molecule has 2 unspecified atom stereocenters. The van der Waals surface area contributed by atoms with Crippen molar-refractivity contribution in [2.75, 3.05) is 0 Å². The van der Waals surface area contributed by atoms with Crippen molar-refractivity contribution in [1.29, 1.82) is 0 Å². The molecule has 2 aromatic rings. The van der Waals surface area contributed by atoms with Gasteiger partial charge >= 0.3 is 0 Å². The Morgan fingerprint density at radius 3 is 2.84 bits per heavy atom. The molecule has 1 aliphatic carbocycles. The minimum absolute atomic E-state index is 0.191. The Kier molecular flexibility index (Phi) is 3.66. The van der Waals surface area contributed by atoms with Gasteiger partial charge in [-0.05, 0) is 51.2 Å². The summed E-state index contributed by atoms with van der Waals surface area (Å²) in [6, 6.07) is 2.94. The second-order valence-corrected chi connectivity index (χ2v) is 6.45.